The van der Waals surface area contributed by atoms with E-state index in [1.54, 1.807) is 0 Å². The van der Waals surface area contributed by atoms with Gasteiger partial charge in [-0.3, -0.25) is 0 Å². The largest absolute Gasteiger partial charge is 0.0847 e. The van der Waals surface area contributed by atoms with Gasteiger partial charge >= 0.3 is 0 Å². The van der Waals surface area contributed by atoms with Crippen molar-refractivity contribution in [1.82, 2.24) is 0 Å². The highest BCUT2D eigenvalue weighted by molar-refractivity contribution is 6.08. The monoisotopic (exact) mass is 254 g/mol. The van der Waals surface area contributed by atoms with Crippen molar-refractivity contribution in [2.24, 2.45) is 5.41 Å². The van der Waals surface area contributed by atoms with Gasteiger partial charge in [-0.05, 0) is 41.4 Å². The van der Waals surface area contributed by atoms with Crippen LogP contribution in [0.4, 0.5) is 0 Å². The van der Waals surface area contributed by atoms with Crippen molar-refractivity contribution in [1.29, 1.82) is 0 Å². The van der Waals surface area contributed by atoms with Crippen LogP contribution in [-0.4, -0.2) is 7.85 Å². The average molecular weight is 254 g/mol. The Morgan fingerprint density at radius 3 is 2.47 bits per heavy atom. The van der Waals surface area contributed by atoms with Crippen LogP contribution in [0.5, 0.6) is 0 Å². The Morgan fingerprint density at radius 2 is 1.89 bits per heavy atom. The van der Waals surface area contributed by atoms with E-state index >= 15 is 0 Å². The molecule has 1 aromatic rings. The van der Waals surface area contributed by atoms with Gasteiger partial charge in [-0.1, -0.05) is 70.8 Å². The minimum Gasteiger partial charge on any atom is -0.0847 e. The van der Waals surface area contributed by atoms with Crippen LogP contribution in [-0.2, 0) is 12.8 Å². The lowest BCUT2D eigenvalue weighted by atomic mass is 9.88. The number of hydrogen-bond donors (Lipinski definition) is 0. The third-order valence-electron chi connectivity index (χ3n) is 3.27. The summed E-state index contributed by atoms with van der Waals surface area (Å²) >= 11 is 0. The zero-order chi connectivity index (χ0) is 14.3. The average Bonchev–Trinajstić information content (AvgIpc) is 2.34. The third-order valence-corrected chi connectivity index (χ3v) is 3.27. The van der Waals surface area contributed by atoms with Crippen LogP contribution in [0.3, 0.4) is 0 Å². The summed E-state index contributed by atoms with van der Waals surface area (Å²) in [6.45, 7) is 8.95. The molecule has 19 heavy (non-hydrogen) atoms. The number of rotatable bonds is 6. The molecule has 0 spiro atoms. The molecule has 2 radical (unpaired) electrons. The Kier molecular flexibility index (Phi) is 6.41. The quantitative estimate of drug-likeness (QED) is 0.611. The zero-order valence-corrected chi connectivity index (χ0v) is 13.0. The van der Waals surface area contributed by atoms with Crippen LogP contribution in [0.2, 0.25) is 6.32 Å². The lowest BCUT2D eigenvalue weighted by molar-refractivity contribution is 0.547. The number of aryl methyl sites for hydroxylation is 1. The molecule has 0 heterocycles. The molecule has 1 heteroatoms. The van der Waals surface area contributed by atoms with Crippen molar-refractivity contribution in [3.8, 4) is 0 Å². The highest BCUT2D eigenvalue weighted by Crippen LogP contribution is 2.23. The second-order valence-corrected chi connectivity index (χ2v) is 6.33. The summed E-state index contributed by atoms with van der Waals surface area (Å²) in [6, 6.07) is 6.61. The van der Waals surface area contributed by atoms with Crippen LogP contribution < -0.4 is 0 Å². The number of hydrogen-bond acceptors (Lipinski definition) is 0. The minimum absolute atomic E-state index is 0.228. The number of benzene rings is 1. The van der Waals surface area contributed by atoms with Gasteiger partial charge in [0.05, 0.1) is 7.85 Å². The van der Waals surface area contributed by atoms with Crippen LogP contribution in [0.15, 0.2) is 24.3 Å². The molecule has 0 fully saturated rings. The predicted octanol–water partition coefficient (Wildman–Crippen LogP) is 5.22. The summed E-state index contributed by atoms with van der Waals surface area (Å²) in [5.41, 5.74) is 4.52. The summed E-state index contributed by atoms with van der Waals surface area (Å²) in [5, 5.41) is 0. The van der Waals surface area contributed by atoms with Gasteiger partial charge in [0.1, 0.15) is 0 Å². The highest BCUT2D eigenvalue weighted by atomic mass is 14.1. The Morgan fingerprint density at radius 1 is 1.16 bits per heavy atom. The molecular weight excluding hydrogens is 227 g/mol. The van der Waals surface area contributed by atoms with Crippen molar-refractivity contribution in [2.45, 2.75) is 59.7 Å². The molecule has 0 bridgehead atoms. The molecule has 0 unspecified atom stereocenters. The summed E-state index contributed by atoms with van der Waals surface area (Å²) in [7, 11) is 5.73. The molecule has 0 aliphatic rings. The lowest BCUT2D eigenvalue weighted by Gasteiger charge is -2.15. The van der Waals surface area contributed by atoms with Crippen LogP contribution in [0, 0.1) is 5.41 Å². The third kappa shape index (κ3) is 5.67. The normalized spacial score (nSPS) is 12.2. The van der Waals surface area contributed by atoms with E-state index in [2.05, 4.69) is 58.0 Å². The van der Waals surface area contributed by atoms with E-state index in [-0.39, 0.29) is 5.41 Å². The fourth-order valence-corrected chi connectivity index (χ4v) is 2.20. The molecule has 0 aliphatic carbocycles. The van der Waals surface area contributed by atoms with Gasteiger partial charge < -0.3 is 0 Å². The van der Waals surface area contributed by atoms with Crippen molar-refractivity contribution in [2.75, 3.05) is 0 Å². The maximum absolute atomic E-state index is 5.73. The van der Waals surface area contributed by atoms with Gasteiger partial charge in [0, 0.05) is 0 Å². The first-order valence-electron chi connectivity index (χ1n) is 7.48. The van der Waals surface area contributed by atoms with E-state index in [1.807, 2.05) is 0 Å². The van der Waals surface area contributed by atoms with Crippen molar-refractivity contribution in [3.05, 3.63) is 41.0 Å². The van der Waals surface area contributed by atoms with Gasteiger partial charge in [-0.2, -0.15) is 0 Å². The van der Waals surface area contributed by atoms with Crippen LogP contribution >= 0.6 is 0 Å². The van der Waals surface area contributed by atoms with Crippen molar-refractivity contribution < 1.29 is 0 Å². The molecule has 0 atom stereocenters. The molecule has 0 saturated heterocycles. The maximum Gasteiger partial charge on any atom is 0.0657 e. The van der Waals surface area contributed by atoms with E-state index in [4.69, 9.17) is 7.85 Å². The van der Waals surface area contributed by atoms with Gasteiger partial charge in [0.15, 0.2) is 0 Å². The fourth-order valence-electron chi connectivity index (χ4n) is 2.20. The summed E-state index contributed by atoms with van der Waals surface area (Å²) in [4.78, 5) is 0. The van der Waals surface area contributed by atoms with Crippen LogP contribution in [0.25, 0.3) is 6.08 Å². The summed E-state index contributed by atoms with van der Waals surface area (Å²) in [5.74, 6) is 0. The first kappa shape index (κ1) is 16.1. The molecule has 0 aliphatic heterocycles. The van der Waals surface area contributed by atoms with Crippen molar-refractivity contribution in [3.63, 3.8) is 0 Å². The Balaban J connectivity index is 3.07. The van der Waals surface area contributed by atoms with E-state index in [9.17, 15) is 0 Å². The Hall–Kier alpha value is -0.975. The Labute approximate surface area is 120 Å². The molecule has 1 rings (SSSR count). The van der Waals surface area contributed by atoms with Gasteiger partial charge in [-0.15, -0.1) is 0 Å². The lowest BCUT2D eigenvalue weighted by Crippen LogP contribution is -2.01. The predicted molar refractivity (Wildman–Crippen MR) is 87.8 cm³/mol. The minimum atomic E-state index is 0.228. The van der Waals surface area contributed by atoms with E-state index < -0.39 is 0 Å². The second kappa shape index (κ2) is 7.57. The van der Waals surface area contributed by atoms with Gasteiger partial charge in [0.25, 0.3) is 0 Å². The van der Waals surface area contributed by atoms with Crippen LogP contribution in [0.1, 0.15) is 57.2 Å². The van der Waals surface area contributed by atoms with Gasteiger partial charge in [-0.25, -0.2) is 0 Å². The molecule has 0 amide bonds. The highest BCUT2D eigenvalue weighted by Gasteiger charge is 2.08. The maximum atomic E-state index is 5.73. The topological polar surface area (TPSA) is 0 Å². The fraction of sp³-hybridized carbons (Fsp3) is 0.556. The first-order chi connectivity index (χ1) is 8.98. The molecule has 0 aromatic heterocycles. The molecule has 0 nitrogen and oxygen atoms in total. The second-order valence-electron chi connectivity index (χ2n) is 6.33. The zero-order valence-electron chi connectivity index (χ0n) is 13.0. The first-order valence-corrected chi connectivity index (χ1v) is 7.48. The Bertz CT molecular complexity index is 410. The molecule has 0 saturated carbocycles. The van der Waals surface area contributed by atoms with E-state index in [0.717, 1.165) is 19.2 Å². The van der Waals surface area contributed by atoms with E-state index in [0.29, 0.717) is 0 Å². The standard InChI is InChI=1S/C18H27B/c1-5-6-10-17-15(11-13-18(2,3)4)8-7-9-16(17)12-14-19/h7-9,11,13H,5-6,10,12,14H2,1-4H3/b13-11+. The molecule has 0 N–H and O–H groups in total. The summed E-state index contributed by atoms with van der Waals surface area (Å²) < 4.78 is 0. The molecule has 1 aromatic carbocycles. The SMILES string of the molecule is [B]CCc1cccc(/C=C/C(C)(C)C)c1CCCC. The van der Waals surface area contributed by atoms with Gasteiger partial charge in [0.2, 0.25) is 0 Å². The molecular formula is C18H27B. The van der Waals surface area contributed by atoms with Crippen molar-refractivity contribution >= 4 is 13.9 Å². The number of unbranched alkanes of at least 4 members (excludes halogenated alkanes) is 1. The smallest absolute Gasteiger partial charge is 0.0657 e. The summed E-state index contributed by atoms with van der Waals surface area (Å²) in [6.07, 6.45) is 9.94. The molecule has 102 valence electrons. The number of allylic oxidation sites excluding steroid dienone is 1. The van der Waals surface area contributed by atoms with E-state index in [1.165, 1.54) is 29.5 Å².